The predicted octanol–water partition coefficient (Wildman–Crippen LogP) is 3.83. The van der Waals surface area contributed by atoms with E-state index in [1.54, 1.807) is 12.1 Å². The molecule has 0 aliphatic carbocycles. The summed E-state index contributed by atoms with van der Waals surface area (Å²) >= 11 is 0. The van der Waals surface area contributed by atoms with Crippen molar-refractivity contribution in [1.29, 1.82) is 0 Å². The molecule has 0 bridgehead atoms. The van der Waals surface area contributed by atoms with Gasteiger partial charge < -0.3 is 15.0 Å². The van der Waals surface area contributed by atoms with Crippen LogP contribution in [-0.2, 0) is 16.0 Å². The number of aliphatic hydroxyl groups excluding tert-OH is 1. The second kappa shape index (κ2) is 6.96. The molecular weight excluding hydrogens is 359 g/mol. The van der Waals surface area contributed by atoms with Gasteiger partial charge in [0.15, 0.2) is 11.5 Å². The monoisotopic (exact) mass is 378 g/mol. The molecule has 0 saturated heterocycles. The second-order valence-corrected chi connectivity index (χ2v) is 6.85. The van der Waals surface area contributed by atoms with E-state index in [2.05, 4.69) is 4.98 Å². The van der Waals surface area contributed by atoms with Crippen molar-refractivity contribution in [2.45, 2.75) is 19.4 Å². The lowest BCUT2D eigenvalue weighted by Crippen LogP contribution is -2.33. The number of amides is 1. The zero-order valence-corrected chi connectivity index (χ0v) is 15.3. The van der Waals surface area contributed by atoms with Gasteiger partial charge in [0.25, 0.3) is 5.91 Å². The van der Waals surface area contributed by atoms with E-state index >= 15 is 0 Å². The number of H-pyrrole nitrogens is 1. The van der Waals surface area contributed by atoms with Crippen LogP contribution in [0.25, 0.3) is 10.9 Å². The van der Waals surface area contributed by atoms with Gasteiger partial charge in [-0.1, -0.05) is 36.4 Å². The van der Waals surface area contributed by atoms with E-state index in [0.717, 1.165) is 16.5 Å². The summed E-state index contributed by atoms with van der Waals surface area (Å²) in [6.45, 7) is 1.51. The minimum Gasteiger partial charge on any atom is -0.503 e. The van der Waals surface area contributed by atoms with Crippen molar-refractivity contribution in [3.8, 4) is 0 Å². The number of aromatic nitrogens is 1. The normalized spacial score (nSPS) is 17.0. The van der Waals surface area contributed by atoms with Gasteiger partial charge in [0.2, 0.25) is 0 Å². The van der Waals surface area contributed by atoms with Crippen LogP contribution in [0.4, 0.5) is 4.39 Å². The Morgan fingerprint density at radius 2 is 1.89 bits per heavy atom. The maximum absolute atomic E-state index is 14.5. The highest BCUT2D eigenvalue weighted by Gasteiger charge is 2.43. The third-order valence-corrected chi connectivity index (χ3v) is 5.18. The van der Waals surface area contributed by atoms with Crippen LogP contribution in [0.2, 0.25) is 0 Å². The number of carbonyl (C=O) groups excluding carboxylic acids is 2. The van der Waals surface area contributed by atoms with Crippen molar-refractivity contribution in [2.24, 2.45) is 0 Å². The highest BCUT2D eigenvalue weighted by Crippen LogP contribution is 2.38. The van der Waals surface area contributed by atoms with Crippen LogP contribution >= 0.6 is 0 Å². The van der Waals surface area contributed by atoms with Crippen molar-refractivity contribution in [3.05, 3.63) is 83.0 Å². The Morgan fingerprint density at radius 3 is 2.64 bits per heavy atom. The fourth-order valence-electron chi connectivity index (χ4n) is 3.84. The molecule has 2 N–H and O–H groups in total. The lowest BCUT2D eigenvalue weighted by Gasteiger charge is -2.26. The van der Waals surface area contributed by atoms with E-state index in [4.69, 9.17) is 0 Å². The van der Waals surface area contributed by atoms with Crippen molar-refractivity contribution >= 4 is 22.6 Å². The van der Waals surface area contributed by atoms with E-state index in [1.165, 1.54) is 24.0 Å². The first kappa shape index (κ1) is 18.0. The largest absolute Gasteiger partial charge is 0.503 e. The summed E-state index contributed by atoms with van der Waals surface area (Å²) in [4.78, 5) is 29.4. The fraction of sp³-hybridized carbons (Fsp3) is 0.182. The van der Waals surface area contributed by atoms with Gasteiger partial charge in [-0.05, 0) is 31.0 Å². The molecule has 2 aromatic carbocycles. The van der Waals surface area contributed by atoms with Gasteiger partial charge >= 0.3 is 0 Å². The average Bonchev–Trinajstić information content (AvgIpc) is 3.20. The highest BCUT2D eigenvalue weighted by molar-refractivity contribution is 6.08. The number of Topliss-reactive ketones (excluding diaryl/α,β-unsaturated/α-hetero) is 1. The van der Waals surface area contributed by atoms with Crippen LogP contribution < -0.4 is 0 Å². The van der Waals surface area contributed by atoms with E-state index in [1.807, 2.05) is 30.5 Å². The molecule has 1 aromatic heterocycles. The molecule has 1 atom stereocenters. The number of nitrogens with zero attached hydrogens (tertiary/aromatic N) is 1. The number of benzene rings is 2. The van der Waals surface area contributed by atoms with Crippen molar-refractivity contribution in [1.82, 2.24) is 9.88 Å². The number of hydrogen-bond acceptors (Lipinski definition) is 3. The first-order chi connectivity index (χ1) is 13.5. The Hall–Kier alpha value is -3.41. The zero-order chi connectivity index (χ0) is 19.8. The maximum atomic E-state index is 14.5. The topological polar surface area (TPSA) is 73.4 Å². The smallest absolute Gasteiger partial charge is 0.290 e. The summed E-state index contributed by atoms with van der Waals surface area (Å²) in [5.74, 6) is -2.22. The van der Waals surface area contributed by atoms with Crippen molar-refractivity contribution < 1.29 is 19.1 Å². The predicted molar refractivity (Wildman–Crippen MR) is 103 cm³/mol. The number of halogens is 1. The molecule has 0 unspecified atom stereocenters. The maximum Gasteiger partial charge on any atom is 0.290 e. The molecule has 1 aliphatic rings. The molecule has 6 heteroatoms. The number of hydrogen-bond donors (Lipinski definition) is 2. The Balaban J connectivity index is 1.69. The Labute approximate surface area is 161 Å². The fourth-order valence-corrected chi connectivity index (χ4v) is 3.84. The van der Waals surface area contributed by atoms with Gasteiger partial charge in [0, 0.05) is 29.2 Å². The number of rotatable bonds is 5. The Morgan fingerprint density at radius 1 is 1.18 bits per heavy atom. The minimum atomic E-state index is -0.934. The molecule has 0 radical (unpaired) electrons. The van der Waals surface area contributed by atoms with Crippen LogP contribution in [0.1, 0.15) is 24.1 Å². The van der Waals surface area contributed by atoms with Crippen molar-refractivity contribution in [3.63, 3.8) is 0 Å². The molecule has 142 valence electrons. The SMILES string of the molecule is CC(=O)C1=C(O)C(=O)N(CCc2c[nH]c3ccccc23)[C@@H]1c1ccccc1F. The lowest BCUT2D eigenvalue weighted by atomic mass is 9.96. The van der Waals surface area contributed by atoms with Gasteiger partial charge in [-0.25, -0.2) is 4.39 Å². The molecule has 0 fully saturated rings. The molecule has 1 amide bonds. The molecule has 1 aliphatic heterocycles. The van der Waals surface area contributed by atoms with Crippen LogP contribution in [0.15, 0.2) is 66.1 Å². The lowest BCUT2D eigenvalue weighted by molar-refractivity contribution is -0.129. The molecule has 4 rings (SSSR count). The van der Waals surface area contributed by atoms with Crippen LogP contribution in [-0.4, -0.2) is 33.2 Å². The number of aliphatic hydroxyl groups is 1. The average molecular weight is 378 g/mol. The van der Waals surface area contributed by atoms with Crippen LogP contribution in [0, 0.1) is 5.82 Å². The minimum absolute atomic E-state index is 0.0611. The van der Waals surface area contributed by atoms with E-state index in [9.17, 15) is 19.1 Å². The molecule has 0 spiro atoms. The number of aromatic amines is 1. The van der Waals surface area contributed by atoms with Crippen molar-refractivity contribution in [2.75, 3.05) is 6.54 Å². The summed E-state index contributed by atoms with van der Waals surface area (Å²) in [5.41, 5.74) is 2.13. The summed E-state index contributed by atoms with van der Waals surface area (Å²) < 4.78 is 14.5. The van der Waals surface area contributed by atoms with Crippen LogP contribution in [0.3, 0.4) is 0 Å². The Kier molecular flexibility index (Phi) is 4.47. The second-order valence-electron chi connectivity index (χ2n) is 6.85. The number of nitrogens with one attached hydrogen (secondary N) is 1. The molecule has 2 heterocycles. The standard InChI is InChI=1S/C22H19FN2O3/c1-13(26)19-20(16-7-2-4-8-17(16)23)25(22(28)21(19)27)11-10-14-12-24-18-9-5-3-6-15(14)18/h2-9,12,20,24,27H,10-11H2,1H3/t20-/m1/s1. The molecule has 0 saturated carbocycles. The molecule has 28 heavy (non-hydrogen) atoms. The van der Waals surface area contributed by atoms with E-state index < -0.39 is 29.3 Å². The molecular formula is C22H19FN2O3. The van der Waals surface area contributed by atoms with E-state index in [-0.39, 0.29) is 17.7 Å². The number of fused-ring (bicyclic) bond motifs is 1. The summed E-state index contributed by atoms with van der Waals surface area (Å²) in [6.07, 6.45) is 2.38. The van der Waals surface area contributed by atoms with Gasteiger partial charge in [0.05, 0.1) is 11.6 Å². The molecule has 3 aromatic rings. The van der Waals surface area contributed by atoms with Gasteiger partial charge in [-0.2, -0.15) is 0 Å². The van der Waals surface area contributed by atoms with E-state index in [0.29, 0.717) is 6.42 Å². The summed E-state index contributed by atoms with van der Waals surface area (Å²) in [7, 11) is 0. The Bertz CT molecular complexity index is 1120. The zero-order valence-electron chi connectivity index (χ0n) is 15.3. The highest BCUT2D eigenvalue weighted by atomic mass is 19.1. The summed E-state index contributed by atoms with van der Waals surface area (Å²) in [6, 6.07) is 12.9. The first-order valence-electron chi connectivity index (χ1n) is 9.03. The quantitative estimate of drug-likeness (QED) is 0.709. The third kappa shape index (κ3) is 2.87. The number of carbonyl (C=O) groups is 2. The first-order valence-corrected chi connectivity index (χ1v) is 9.03. The molecule has 5 nitrogen and oxygen atoms in total. The number of para-hydroxylation sites is 1. The van der Waals surface area contributed by atoms with Gasteiger partial charge in [0.1, 0.15) is 5.82 Å². The summed E-state index contributed by atoms with van der Waals surface area (Å²) in [5, 5.41) is 11.3. The van der Waals surface area contributed by atoms with Crippen LogP contribution in [0.5, 0.6) is 0 Å². The van der Waals surface area contributed by atoms with Gasteiger partial charge in [-0.3, -0.25) is 9.59 Å². The van der Waals surface area contributed by atoms with Gasteiger partial charge in [-0.15, -0.1) is 0 Å². The number of ketones is 1. The third-order valence-electron chi connectivity index (χ3n) is 5.18.